The van der Waals surface area contributed by atoms with Gasteiger partial charge in [0.2, 0.25) is 0 Å². The molecule has 1 heterocycles. The van der Waals surface area contributed by atoms with Gasteiger partial charge in [-0.15, -0.1) is 0 Å². The number of hydrogen-bond acceptors (Lipinski definition) is 2. The third-order valence-electron chi connectivity index (χ3n) is 2.82. The predicted octanol–water partition coefficient (Wildman–Crippen LogP) is 2.47. The van der Waals surface area contributed by atoms with Gasteiger partial charge in [0, 0.05) is 11.8 Å². The number of hydrogen-bond donors (Lipinski definition) is 0. The summed E-state index contributed by atoms with van der Waals surface area (Å²) < 4.78 is 0. The first-order valence-corrected chi connectivity index (χ1v) is 6.31. The highest BCUT2D eigenvalue weighted by molar-refractivity contribution is 7.99. The van der Waals surface area contributed by atoms with Crippen LogP contribution in [0.3, 0.4) is 0 Å². The Bertz CT molecular complexity index is 127. The van der Waals surface area contributed by atoms with Crippen molar-refractivity contribution < 1.29 is 0 Å². The molecule has 0 amide bonds. The summed E-state index contributed by atoms with van der Waals surface area (Å²) in [4.78, 5) is 2.61. The summed E-state index contributed by atoms with van der Waals surface area (Å²) in [6, 6.07) is 0. The van der Waals surface area contributed by atoms with Crippen molar-refractivity contribution in [1.82, 2.24) is 4.90 Å². The molecule has 1 aliphatic heterocycles. The molecule has 1 rings (SSSR count). The Hall–Kier alpha value is 0.310. The Labute approximate surface area is 80.9 Å². The Morgan fingerprint density at radius 1 is 1.50 bits per heavy atom. The van der Waals surface area contributed by atoms with Crippen LogP contribution < -0.4 is 0 Å². The maximum Gasteiger partial charge on any atom is 0.0198 e. The van der Waals surface area contributed by atoms with Gasteiger partial charge in [-0.25, -0.2) is 0 Å². The summed E-state index contributed by atoms with van der Waals surface area (Å²) in [5, 5.41) is 0.880. The van der Waals surface area contributed by atoms with E-state index in [-0.39, 0.29) is 0 Å². The fourth-order valence-electron chi connectivity index (χ4n) is 1.92. The van der Waals surface area contributed by atoms with Crippen molar-refractivity contribution in [3.05, 3.63) is 0 Å². The average molecular weight is 187 g/mol. The highest BCUT2D eigenvalue weighted by atomic mass is 32.2. The first kappa shape index (κ1) is 10.4. The van der Waals surface area contributed by atoms with Crippen LogP contribution >= 0.6 is 11.8 Å². The van der Waals surface area contributed by atoms with Gasteiger partial charge in [-0.2, -0.15) is 11.8 Å². The first-order chi connectivity index (χ1) is 5.77. The number of nitrogens with zero attached hydrogens (tertiary/aromatic N) is 1. The molecular formula is C10H21NS. The smallest absolute Gasteiger partial charge is 0.0198 e. The van der Waals surface area contributed by atoms with Gasteiger partial charge in [0.25, 0.3) is 0 Å². The highest BCUT2D eigenvalue weighted by Crippen LogP contribution is 2.25. The molecule has 1 fully saturated rings. The van der Waals surface area contributed by atoms with E-state index in [1.807, 2.05) is 11.8 Å². The Balaban J connectivity index is 2.33. The van der Waals surface area contributed by atoms with Crippen molar-refractivity contribution in [3.63, 3.8) is 0 Å². The number of piperidine rings is 1. The van der Waals surface area contributed by atoms with Gasteiger partial charge in [-0.3, -0.25) is 0 Å². The van der Waals surface area contributed by atoms with Crippen LogP contribution in [0.4, 0.5) is 0 Å². The first-order valence-electron chi connectivity index (χ1n) is 5.03. The molecule has 0 aromatic rings. The second-order valence-corrected chi connectivity index (χ2v) is 4.92. The fraction of sp³-hybridized carbons (Fsp3) is 1.00. The Morgan fingerprint density at radius 3 is 2.83 bits per heavy atom. The largest absolute Gasteiger partial charge is 0.302 e. The van der Waals surface area contributed by atoms with Gasteiger partial charge in [-0.1, -0.05) is 13.8 Å². The van der Waals surface area contributed by atoms with Crippen LogP contribution in [0.15, 0.2) is 0 Å². The normalized spacial score (nSPS) is 32.2. The lowest BCUT2D eigenvalue weighted by atomic mass is 9.98. The molecule has 0 aromatic carbocycles. The van der Waals surface area contributed by atoms with E-state index in [0.717, 1.165) is 11.2 Å². The minimum absolute atomic E-state index is 0.880. The zero-order valence-electron chi connectivity index (χ0n) is 8.55. The van der Waals surface area contributed by atoms with E-state index < -0.39 is 0 Å². The molecule has 0 saturated carbocycles. The van der Waals surface area contributed by atoms with Crippen LogP contribution in [-0.2, 0) is 0 Å². The molecule has 72 valence electrons. The topological polar surface area (TPSA) is 3.24 Å². The molecule has 12 heavy (non-hydrogen) atoms. The summed E-state index contributed by atoms with van der Waals surface area (Å²) in [6.07, 6.45) is 4.94. The lowest BCUT2D eigenvalue weighted by Gasteiger charge is -2.36. The standard InChI is InChI=1S/C10H21NS/c1-4-6-11-7-5-9(2)10(8-11)12-3/h9-10H,4-8H2,1-3H3/t9-,10-/m1/s1. The summed E-state index contributed by atoms with van der Waals surface area (Å²) in [6.45, 7) is 8.60. The van der Waals surface area contributed by atoms with Crippen molar-refractivity contribution in [2.24, 2.45) is 5.92 Å². The number of rotatable bonds is 3. The second kappa shape index (κ2) is 5.13. The molecular weight excluding hydrogens is 166 g/mol. The predicted molar refractivity (Wildman–Crippen MR) is 57.8 cm³/mol. The number of likely N-dealkylation sites (tertiary alicyclic amines) is 1. The van der Waals surface area contributed by atoms with Crippen LogP contribution in [-0.4, -0.2) is 36.0 Å². The van der Waals surface area contributed by atoms with Crippen molar-refractivity contribution in [2.75, 3.05) is 25.9 Å². The SMILES string of the molecule is CCCN1CC[C@@H](C)[C@H](SC)C1. The lowest BCUT2D eigenvalue weighted by Crippen LogP contribution is -2.41. The van der Waals surface area contributed by atoms with Gasteiger partial charge in [0.1, 0.15) is 0 Å². The minimum Gasteiger partial charge on any atom is -0.302 e. The van der Waals surface area contributed by atoms with Crippen molar-refractivity contribution in [2.45, 2.75) is 31.9 Å². The zero-order chi connectivity index (χ0) is 8.97. The molecule has 0 aromatic heterocycles. The molecule has 0 spiro atoms. The molecule has 1 nitrogen and oxygen atoms in total. The lowest BCUT2D eigenvalue weighted by molar-refractivity contribution is 0.199. The van der Waals surface area contributed by atoms with E-state index in [0.29, 0.717) is 0 Å². The summed E-state index contributed by atoms with van der Waals surface area (Å²) in [5.41, 5.74) is 0. The van der Waals surface area contributed by atoms with E-state index >= 15 is 0 Å². The monoisotopic (exact) mass is 187 g/mol. The van der Waals surface area contributed by atoms with Crippen LogP contribution in [0.25, 0.3) is 0 Å². The Kier molecular flexibility index (Phi) is 4.44. The van der Waals surface area contributed by atoms with E-state index in [1.54, 1.807) is 0 Å². The van der Waals surface area contributed by atoms with Gasteiger partial charge >= 0.3 is 0 Å². The van der Waals surface area contributed by atoms with Gasteiger partial charge in [0.15, 0.2) is 0 Å². The molecule has 2 heteroatoms. The average Bonchev–Trinajstić information content (AvgIpc) is 2.09. The molecule has 1 saturated heterocycles. The van der Waals surface area contributed by atoms with Crippen LogP contribution in [0.1, 0.15) is 26.7 Å². The molecule has 0 aliphatic carbocycles. The van der Waals surface area contributed by atoms with Crippen molar-refractivity contribution in [1.29, 1.82) is 0 Å². The van der Waals surface area contributed by atoms with E-state index in [2.05, 4.69) is 25.0 Å². The quantitative estimate of drug-likeness (QED) is 0.668. The van der Waals surface area contributed by atoms with Crippen LogP contribution in [0.2, 0.25) is 0 Å². The van der Waals surface area contributed by atoms with Crippen molar-refractivity contribution >= 4 is 11.8 Å². The minimum atomic E-state index is 0.880. The molecule has 0 radical (unpaired) electrons. The fourth-order valence-corrected chi connectivity index (χ4v) is 2.88. The molecule has 0 bridgehead atoms. The molecule has 0 N–H and O–H groups in total. The summed E-state index contributed by atoms with van der Waals surface area (Å²) in [5.74, 6) is 0.924. The molecule has 2 atom stereocenters. The maximum absolute atomic E-state index is 2.61. The maximum atomic E-state index is 2.61. The number of thioether (sulfide) groups is 1. The third-order valence-corrected chi connectivity index (χ3v) is 4.04. The van der Waals surface area contributed by atoms with Crippen LogP contribution in [0, 0.1) is 5.92 Å². The summed E-state index contributed by atoms with van der Waals surface area (Å²) >= 11 is 2.04. The second-order valence-electron chi connectivity index (χ2n) is 3.84. The summed E-state index contributed by atoms with van der Waals surface area (Å²) in [7, 11) is 0. The van der Waals surface area contributed by atoms with Gasteiger partial charge < -0.3 is 4.90 Å². The molecule has 1 aliphatic rings. The molecule has 0 unspecified atom stereocenters. The Morgan fingerprint density at radius 2 is 2.25 bits per heavy atom. The van der Waals surface area contributed by atoms with Crippen molar-refractivity contribution in [3.8, 4) is 0 Å². The highest BCUT2D eigenvalue weighted by Gasteiger charge is 2.24. The van der Waals surface area contributed by atoms with E-state index in [1.165, 1.54) is 32.5 Å². The van der Waals surface area contributed by atoms with Gasteiger partial charge in [-0.05, 0) is 38.1 Å². The van der Waals surface area contributed by atoms with Gasteiger partial charge in [0.05, 0.1) is 0 Å². The third kappa shape index (κ3) is 2.67. The van der Waals surface area contributed by atoms with E-state index in [4.69, 9.17) is 0 Å². The van der Waals surface area contributed by atoms with E-state index in [9.17, 15) is 0 Å². The zero-order valence-corrected chi connectivity index (χ0v) is 9.36. The van der Waals surface area contributed by atoms with Crippen LogP contribution in [0.5, 0.6) is 0 Å².